The van der Waals surface area contributed by atoms with E-state index >= 15 is 0 Å². The summed E-state index contributed by atoms with van der Waals surface area (Å²) in [6.45, 7) is 1.11. The Labute approximate surface area is 183 Å². The van der Waals surface area contributed by atoms with Crippen LogP contribution in [0.25, 0.3) is 12.2 Å². The third-order valence-corrected chi connectivity index (χ3v) is 6.19. The van der Waals surface area contributed by atoms with Crippen LogP contribution in [0.3, 0.4) is 0 Å². The van der Waals surface area contributed by atoms with Gasteiger partial charge in [-0.15, -0.1) is 0 Å². The van der Waals surface area contributed by atoms with E-state index in [0.717, 1.165) is 22.6 Å². The molecule has 2 aliphatic heterocycles. The number of carbonyl (C=O) groups excluding carboxylic acids is 1. The molecule has 0 bridgehead atoms. The van der Waals surface area contributed by atoms with Crippen LogP contribution < -0.4 is 9.47 Å². The summed E-state index contributed by atoms with van der Waals surface area (Å²) in [5.74, 6) is 1.01. The Balaban J connectivity index is 1.54. The first kappa shape index (κ1) is 20.8. The summed E-state index contributed by atoms with van der Waals surface area (Å²) in [6.07, 6.45) is -2.12. The molecule has 1 aliphatic carbocycles. The van der Waals surface area contributed by atoms with E-state index in [-0.39, 0.29) is 11.1 Å². The molecule has 4 nitrogen and oxygen atoms in total. The fourth-order valence-corrected chi connectivity index (χ4v) is 4.49. The number of halogens is 3. The predicted octanol–water partition coefficient (Wildman–Crippen LogP) is 4.68. The lowest BCUT2D eigenvalue weighted by Crippen LogP contribution is -2.49. The van der Waals surface area contributed by atoms with Gasteiger partial charge in [0.15, 0.2) is 11.4 Å². The quantitative estimate of drug-likeness (QED) is 0.687. The Morgan fingerprint density at radius 3 is 1.75 bits per heavy atom. The minimum Gasteiger partial charge on any atom is -0.493 e. The normalized spacial score (nSPS) is 24.9. The standard InChI is InChI=1S/C25H21F3O4/c26-25(27,28)24(30)13-19(11-15-1-3-21-17(9-15)5-7-31-21)23(29)20(14-24)12-16-2-4-22-18(10-16)6-8-32-22/h1-4,9-12,30H,5-8,13-14H2. The van der Waals surface area contributed by atoms with Gasteiger partial charge in [-0.3, -0.25) is 4.79 Å². The lowest BCUT2D eigenvalue weighted by atomic mass is 9.76. The Kier molecular flexibility index (Phi) is 4.89. The molecule has 1 N–H and O–H groups in total. The Hall–Kier alpha value is -3.06. The highest BCUT2D eigenvalue weighted by atomic mass is 19.4. The van der Waals surface area contributed by atoms with Gasteiger partial charge in [-0.05, 0) is 58.7 Å². The first-order valence-electron chi connectivity index (χ1n) is 10.5. The first-order valence-corrected chi connectivity index (χ1v) is 10.5. The molecule has 7 heteroatoms. The molecule has 32 heavy (non-hydrogen) atoms. The van der Waals surface area contributed by atoms with Crippen LogP contribution in [-0.4, -0.2) is 35.9 Å². The van der Waals surface area contributed by atoms with Gasteiger partial charge in [0.25, 0.3) is 0 Å². The Bertz CT molecular complexity index is 1080. The molecule has 2 aromatic carbocycles. The minimum absolute atomic E-state index is 0.0642. The highest BCUT2D eigenvalue weighted by Gasteiger charge is 2.57. The van der Waals surface area contributed by atoms with E-state index in [1.807, 2.05) is 12.1 Å². The second kappa shape index (κ2) is 7.52. The molecule has 0 saturated heterocycles. The molecule has 5 rings (SSSR count). The lowest BCUT2D eigenvalue weighted by molar-refractivity contribution is -0.260. The average Bonchev–Trinajstić information content (AvgIpc) is 3.39. The van der Waals surface area contributed by atoms with Crippen molar-refractivity contribution in [1.82, 2.24) is 0 Å². The van der Waals surface area contributed by atoms with Crippen LogP contribution in [0, 0.1) is 0 Å². The van der Waals surface area contributed by atoms with Crippen LogP contribution >= 0.6 is 0 Å². The van der Waals surface area contributed by atoms with E-state index in [0.29, 0.717) is 37.2 Å². The highest BCUT2D eigenvalue weighted by molar-refractivity contribution is 6.14. The van der Waals surface area contributed by atoms with Crippen molar-refractivity contribution in [3.63, 3.8) is 0 Å². The smallest absolute Gasteiger partial charge is 0.417 e. The van der Waals surface area contributed by atoms with Crippen molar-refractivity contribution in [3.8, 4) is 11.5 Å². The largest absolute Gasteiger partial charge is 0.493 e. The molecule has 1 saturated carbocycles. The van der Waals surface area contributed by atoms with Gasteiger partial charge >= 0.3 is 6.18 Å². The van der Waals surface area contributed by atoms with Gasteiger partial charge in [-0.1, -0.05) is 12.1 Å². The second-order valence-electron chi connectivity index (χ2n) is 8.48. The van der Waals surface area contributed by atoms with E-state index in [2.05, 4.69) is 0 Å². The Morgan fingerprint density at radius 2 is 1.31 bits per heavy atom. The first-order chi connectivity index (χ1) is 15.2. The number of rotatable bonds is 2. The third kappa shape index (κ3) is 3.71. The zero-order chi connectivity index (χ0) is 22.5. The lowest BCUT2D eigenvalue weighted by Gasteiger charge is -2.35. The number of fused-ring (bicyclic) bond motifs is 2. The van der Waals surface area contributed by atoms with Gasteiger partial charge < -0.3 is 14.6 Å². The summed E-state index contributed by atoms with van der Waals surface area (Å²) >= 11 is 0. The monoisotopic (exact) mass is 442 g/mol. The van der Waals surface area contributed by atoms with Crippen molar-refractivity contribution in [2.24, 2.45) is 0 Å². The van der Waals surface area contributed by atoms with E-state index in [9.17, 15) is 23.1 Å². The molecule has 0 aromatic heterocycles. The van der Waals surface area contributed by atoms with E-state index in [4.69, 9.17) is 9.47 Å². The SMILES string of the molecule is O=C1C(=Cc2ccc3c(c2)CCO3)CC(O)(C(F)(F)F)CC1=Cc1ccc2c(c1)CCO2. The van der Waals surface area contributed by atoms with Crippen molar-refractivity contribution in [1.29, 1.82) is 0 Å². The molecule has 0 spiro atoms. The predicted molar refractivity (Wildman–Crippen MR) is 112 cm³/mol. The van der Waals surface area contributed by atoms with Crippen LogP contribution in [0.15, 0.2) is 47.5 Å². The maximum absolute atomic E-state index is 13.8. The highest BCUT2D eigenvalue weighted by Crippen LogP contribution is 2.45. The van der Waals surface area contributed by atoms with E-state index < -0.39 is 30.4 Å². The van der Waals surface area contributed by atoms with Gasteiger partial charge in [0.05, 0.1) is 13.2 Å². The number of hydrogen-bond donors (Lipinski definition) is 1. The summed E-state index contributed by atoms with van der Waals surface area (Å²) in [4.78, 5) is 13.2. The Morgan fingerprint density at radius 1 is 0.844 bits per heavy atom. The van der Waals surface area contributed by atoms with Gasteiger partial charge in [0, 0.05) is 36.8 Å². The number of benzene rings is 2. The number of ether oxygens (including phenoxy) is 2. The number of hydrogen-bond acceptors (Lipinski definition) is 4. The molecular weight excluding hydrogens is 421 g/mol. The second-order valence-corrected chi connectivity index (χ2v) is 8.48. The van der Waals surface area contributed by atoms with E-state index in [1.54, 1.807) is 24.3 Å². The van der Waals surface area contributed by atoms with Crippen LogP contribution in [0.4, 0.5) is 13.2 Å². The molecule has 166 valence electrons. The molecule has 0 unspecified atom stereocenters. The zero-order valence-electron chi connectivity index (χ0n) is 17.2. The molecule has 0 atom stereocenters. The average molecular weight is 442 g/mol. The molecule has 2 heterocycles. The molecule has 3 aliphatic rings. The number of alkyl halides is 3. The van der Waals surface area contributed by atoms with Crippen LogP contribution in [0.2, 0.25) is 0 Å². The van der Waals surface area contributed by atoms with Crippen LogP contribution in [0.1, 0.15) is 35.1 Å². The fourth-order valence-electron chi connectivity index (χ4n) is 4.49. The number of Topliss-reactive ketones (excluding diaryl/α,β-unsaturated/α-hetero) is 1. The summed E-state index contributed by atoms with van der Waals surface area (Å²) in [5, 5.41) is 10.5. The topological polar surface area (TPSA) is 55.8 Å². The van der Waals surface area contributed by atoms with Crippen molar-refractivity contribution in [2.45, 2.75) is 37.5 Å². The molecule has 2 aromatic rings. The summed E-state index contributed by atoms with van der Waals surface area (Å²) in [7, 11) is 0. The maximum Gasteiger partial charge on any atom is 0.417 e. The zero-order valence-corrected chi connectivity index (χ0v) is 17.2. The minimum atomic E-state index is -4.87. The van der Waals surface area contributed by atoms with Gasteiger partial charge in [-0.25, -0.2) is 0 Å². The van der Waals surface area contributed by atoms with Gasteiger partial charge in [0.2, 0.25) is 0 Å². The van der Waals surface area contributed by atoms with Crippen molar-refractivity contribution in [2.75, 3.05) is 13.2 Å². The molecular formula is C25H21F3O4. The fraction of sp³-hybridized carbons (Fsp3) is 0.320. The summed E-state index contributed by atoms with van der Waals surface area (Å²) < 4.78 is 52.3. The number of aliphatic hydroxyl groups is 1. The van der Waals surface area contributed by atoms with Crippen LogP contribution in [-0.2, 0) is 17.6 Å². The third-order valence-electron chi connectivity index (χ3n) is 6.19. The molecule has 0 radical (unpaired) electrons. The van der Waals surface area contributed by atoms with Crippen molar-refractivity contribution >= 4 is 17.9 Å². The molecule has 0 amide bonds. The van der Waals surface area contributed by atoms with Crippen molar-refractivity contribution < 1.29 is 32.5 Å². The van der Waals surface area contributed by atoms with Gasteiger partial charge in [-0.2, -0.15) is 13.2 Å². The number of carbonyl (C=O) groups is 1. The number of ketones is 1. The summed E-state index contributed by atoms with van der Waals surface area (Å²) in [5.41, 5.74) is -0.0137. The summed E-state index contributed by atoms with van der Waals surface area (Å²) in [6, 6.07) is 10.5. The van der Waals surface area contributed by atoms with Crippen LogP contribution in [0.5, 0.6) is 11.5 Å². The maximum atomic E-state index is 13.8. The van der Waals surface area contributed by atoms with Crippen molar-refractivity contribution in [3.05, 3.63) is 69.8 Å². The van der Waals surface area contributed by atoms with Gasteiger partial charge in [0.1, 0.15) is 11.5 Å². The van der Waals surface area contributed by atoms with E-state index in [1.165, 1.54) is 12.2 Å². The molecule has 1 fully saturated rings.